The minimum absolute atomic E-state index is 0.0909. The van der Waals surface area contributed by atoms with Crippen LogP contribution in [0.3, 0.4) is 0 Å². The van der Waals surface area contributed by atoms with Gasteiger partial charge in [0, 0.05) is 17.6 Å². The van der Waals surface area contributed by atoms with E-state index in [4.69, 9.17) is 11.6 Å². The molecule has 1 atom stereocenters. The van der Waals surface area contributed by atoms with Gasteiger partial charge in [-0.2, -0.15) is 0 Å². The lowest BCUT2D eigenvalue weighted by atomic mass is 9.94. The average molecular weight is 432 g/mol. The Morgan fingerprint density at radius 2 is 1.81 bits per heavy atom. The van der Waals surface area contributed by atoms with Crippen molar-refractivity contribution in [3.8, 4) is 11.1 Å². The van der Waals surface area contributed by atoms with Gasteiger partial charge in [0.05, 0.1) is 11.7 Å². The van der Waals surface area contributed by atoms with E-state index in [1.54, 1.807) is 23.3 Å². The second-order valence-electron chi connectivity index (χ2n) is 7.94. The number of anilines is 1. The van der Waals surface area contributed by atoms with E-state index in [-0.39, 0.29) is 17.6 Å². The van der Waals surface area contributed by atoms with Gasteiger partial charge in [-0.25, -0.2) is 10.2 Å². The van der Waals surface area contributed by atoms with Gasteiger partial charge in [-0.3, -0.25) is 9.78 Å². The van der Waals surface area contributed by atoms with Gasteiger partial charge in [-0.1, -0.05) is 24.3 Å². The summed E-state index contributed by atoms with van der Waals surface area (Å²) in [6.45, 7) is 1.95. The molecule has 164 valence electrons. The number of halogens is 1. The first-order valence-electron chi connectivity index (χ1n) is 10.5. The molecule has 0 aliphatic carbocycles. The summed E-state index contributed by atoms with van der Waals surface area (Å²) in [5, 5.41) is 4.39. The van der Waals surface area contributed by atoms with Crippen LogP contribution in [0.4, 0.5) is 10.1 Å². The largest absolute Gasteiger partial charge is 0.393 e. The number of amides is 1. The molecular weight excluding hydrogens is 405 g/mol. The van der Waals surface area contributed by atoms with Gasteiger partial charge >= 0.3 is 0 Å². The Morgan fingerprint density at radius 1 is 1.09 bits per heavy atom. The number of nitrogens with zero attached hydrogens (tertiary/aromatic N) is 2. The quantitative estimate of drug-likeness (QED) is 0.420. The number of aryl methyl sites for hydroxylation is 1. The van der Waals surface area contributed by atoms with Gasteiger partial charge in [-0.15, -0.1) is 0 Å². The number of rotatable bonds is 4. The minimum atomic E-state index is -0.400. The maximum atomic E-state index is 13.3. The molecule has 1 unspecified atom stereocenters. The summed E-state index contributed by atoms with van der Waals surface area (Å²) in [7, 11) is 0. The SMILES string of the molecule is Cc1cc(-c2ccc(NC(=O)/C(N)=C3\CCCC(c4ccc(F)cc4)N3N)cc2)ccn1. The molecule has 0 radical (unpaired) electrons. The molecule has 1 aliphatic heterocycles. The van der Waals surface area contributed by atoms with Crippen LogP contribution in [0.5, 0.6) is 0 Å². The lowest BCUT2D eigenvalue weighted by Gasteiger charge is -2.36. The second-order valence-corrected chi connectivity index (χ2v) is 7.94. The molecule has 6 nitrogen and oxygen atoms in total. The number of nitrogens with two attached hydrogens (primary N) is 2. The van der Waals surface area contributed by atoms with E-state index in [1.807, 2.05) is 43.3 Å². The zero-order valence-electron chi connectivity index (χ0n) is 17.9. The second kappa shape index (κ2) is 9.20. The third-order valence-corrected chi connectivity index (χ3v) is 5.72. The number of piperidine rings is 1. The third-order valence-electron chi connectivity index (χ3n) is 5.72. The smallest absolute Gasteiger partial charge is 0.273 e. The number of hydrogen-bond acceptors (Lipinski definition) is 5. The van der Waals surface area contributed by atoms with E-state index in [0.717, 1.165) is 35.2 Å². The van der Waals surface area contributed by atoms with Crippen LogP contribution in [0.15, 0.2) is 78.3 Å². The van der Waals surface area contributed by atoms with Crippen LogP contribution in [0.2, 0.25) is 0 Å². The van der Waals surface area contributed by atoms with Gasteiger partial charge in [0.15, 0.2) is 0 Å². The Balaban J connectivity index is 1.49. The average Bonchev–Trinajstić information content (AvgIpc) is 2.80. The molecule has 0 bridgehead atoms. The molecule has 1 fully saturated rings. The van der Waals surface area contributed by atoms with Crippen LogP contribution < -0.4 is 16.9 Å². The number of pyridine rings is 1. The molecule has 3 aromatic rings. The van der Waals surface area contributed by atoms with Crippen LogP contribution in [0, 0.1) is 12.7 Å². The van der Waals surface area contributed by atoms with Crippen LogP contribution in [0.1, 0.15) is 36.6 Å². The van der Waals surface area contributed by atoms with Crippen molar-refractivity contribution >= 4 is 11.6 Å². The van der Waals surface area contributed by atoms with Crippen molar-refractivity contribution in [2.24, 2.45) is 11.6 Å². The minimum Gasteiger partial charge on any atom is -0.393 e. The van der Waals surface area contributed by atoms with Gasteiger partial charge in [0.25, 0.3) is 5.91 Å². The summed E-state index contributed by atoms with van der Waals surface area (Å²) in [5.74, 6) is 5.64. The molecule has 1 aliphatic rings. The van der Waals surface area contributed by atoms with E-state index in [9.17, 15) is 9.18 Å². The highest BCUT2D eigenvalue weighted by molar-refractivity contribution is 6.03. The molecule has 4 rings (SSSR count). The maximum Gasteiger partial charge on any atom is 0.273 e. The third kappa shape index (κ3) is 4.63. The first-order chi connectivity index (χ1) is 15.4. The fraction of sp³-hybridized carbons (Fsp3) is 0.200. The Bertz CT molecular complexity index is 1140. The predicted molar refractivity (Wildman–Crippen MR) is 123 cm³/mol. The number of allylic oxidation sites excluding steroid dienone is 1. The first-order valence-corrected chi connectivity index (χ1v) is 10.5. The fourth-order valence-corrected chi connectivity index (χ4v) is 4.01. The van der Waals surface area contributed by atoms with Crippen LogP contribution >= 0.6 is 0 Å². The normalized spacial score (nSPS) is 17.7. The monoisotopic (exact) mass is 431 g/mol. The van der Waals surface area contributed by atoms with Crippen molar-refractivity contribution in [2.75, 3.05) is 5.32 Å². The zero-order chi connectivity index (χ0) is 22.7. The highest BCUT2D eigenvalue weighted by Gasteiger charge is 2.28. The summed E-state index contributed by atoms with van der Waals surface area (Å²) < 4.78 is 13.3. The molecule has 2 aromatic carbocycles. The first kappa shape index (κ1) is 21.5. The number of hydrazine groups is 1. The molecule has 0 saturated carbocycles. The summed E-state index contributed by atoms with van der Waals surface area (Å²) in [5.41, 5.74) is 11.5. The number of nitrogens with one attached hydrogen (secondary N) is 1. The lowest BCUT2D eigenvalue weighted by Crippen LogP contribution is -2.40. The van der Waals surface area contributed by atoms with Crippen molar-refractivity contribution in [3.63, 3.8) is 0 Å². The molecule has 1 aromatic heterocycles. The molecule has 1 amide bonds. The summed E-state index contributed by atoms with van der Waals surface area (Å²) >= 11 is 0. The fourth-order valence-electron chi connectivity index (χ4n) is 4.01. The predicted octanol–water partition coefficient (Wildman–Crippen LogP) is 4.41. The van der Waals surface area contributed by atoms with Crippen LogP contribution in [-0.2, 0) is 4.79 Å². The van der Waals surface area contributed by atoms with Crippen LogP contribution in [0.25, 0.3) is 11.1 Å². The summed E-state index contributed by atoms with van der Waals surface area (Å²) in [6, 6.07) is 17.6. The Kier molecular flexibility index (Phi) is 6.18. The number of carbonyl (C=O) groups is 1. The lowest BCUT2D eigenvalue weighted by molar-refractivity contribution is -0.113. The van der Waals surface area contributed by atoms with E-state index < -0.39 is 5.91 Å². The van der Waals surface area contributed by atoms with Crippen molar-refractivity contribution in [3.05, 3.63) is 95.3 Å². The Hall–Kier alpha value is -3.71. The molecular formula is C25H26FN5O. The summed E-state index contributed by atoms with van der Waals surface area (Å²) in [6.07, 6.45) is 4.01. The number of aromatic nitrogens is 1. The van der Waals surface area contributed by atoms with Crippen molar-refractivity contribution in [1.29, 1.82) is 0 Å². The standard InChI is InChI=1S/C25H26FN5O/c1-16-15-19(13-14-29-16)17-7-11-21(12-8-17)30-25(32)24(27)23-4-2-3-22(31(23)28)18-5-9-20(26)10-6-18/h5-15,22H,2-4,27-28H2,1H3,(H,30,32)/b24-23-. The maximum absolute atomic E-state index is 13.3. The van der Waals surface area contributed by atoms with Gasteiger partial charge in [0.2, 0.25) is 0 Å². The highest BCUT2D eigenvalue weighted by Crippen LogP contribution is 2.34. The molecule has 32 heavy (non-hydrogen) atoms. The van der Waals surface area contributed by atoms with Crippen molar-refractivity contribution in [2.45, 2.75) is 32.2 Å². The van der Waals surface area contributed by atoms with E-state index >= 15 is 0 Å². The summed E-state index contributed by atoms with van der Waals surface area (Å²) in [4.78, 5) is 17.0. The number of benzene rings is 2. The van der Waals surface area contributed by atoms with Crippen molar-refractivity contribution < 1.29 is 9.18 Å². The van der Waals surface area contributed by atoms with Crippen LogP contribution in [-0.4, -0.2) is 15.9 Å². The topological polar surface area (TPSA) is 97.3 Å². The molecule has 5 N–H and O–H groups in total. The Labute approximate surface area is 186 Å². The highest BCUT2D eigenvalue weighted by atomic mass is 19.1. The zero-order valence-corrected chi connectivity index (χ0v) is 17.9. The number of hydrogen-bond donors (Lipinski definition) is 3. The molecule has 1 saturated heterocycles. The molecule has 7 heteroatoms. The van der Waals surface area contributed by atoms with E-state index in [1.165, 1.54) is 12.1 Å². The molecule has 0 spiro atoms. The van der Waals surface area contributed by atoms with Gasteiger partial charge in [-0.05, 0) is 79.3 Å². The molecule has 2 heterocycles. The van der Waals surface area contributed by atoms with Gasteiger partial charge < -0.3 is 16.1 Å². The number of carbonyl (C=O) groups excluding carboxylic acids is 1. The van der Waals surface area contributed by atoms with E-state index in [2.05, 4.69) is 10.3 Å². The van der Waals surface area contributed by atoms with Crippen molar-refractivity contribution in [1.82, 2.24) is 9.99 Å². The van der Waals surface area contributed by atoms with Gasteiger partial charge in [0.1, 0.15) is 11.5 Å². The van der Waals surface area contributed by atoms with E-state index in [0.29, 0.717) is 17.8 Å². The Morgan fingerprint density at radius 3 is 2.50 bits per heavy atom.